The third-order valence-corrected chi connectivity index (χ3v) is 2.75. The molecule has 1 aliphatic heterocycles. The van der Waals surface area contributed by atoms with Crippen LogP contribution in [0.2, 0.25) is 5.02 Å². The molecule has 0 radical (unpaired) electrons. The van der Waals surface area contributed by atoms with Gasteiger partial charge >= 0.3 is 0 Å². The Balaban J connectivity index is 1.98. The van der Waals surface area contributed by atoms with Crippen molar-refractivity contribution in [3.8, 4) is 6.07 Å². The van der Waals surface area contributed by atoms with E-state index in [2.05, 4.69) is 11.4 Å². The van der Waals surface area contributed by atoms with Crippen molar-refractivity contribution >= 4 is 11.6 Å². The average molecular weight is 223 g/mol. The highest BCUT2D eigenvalue weighted by atomic mass is 35.5. The Bertz CT molecular complexity index is 396. The van der Waals surface area contributed by atoms with Crippen LogP contribution in [0.25, 0.3) is 0 Å². The van der Waals surface area contributed by atoms with E-state index in [0.717, 1.165) is 25.3 Å². The molecule has 4 heteroatoms. The van der Waals surface area contributed by atoms with Gasteiger partial charge in [-0.3, -0.25) is 0 Å². The lowest BCUT2D eigenvalue weighted by Gasteiger charge is -2.27. The number of nitriles is 1. The first-order chi connectivity index (χ1) is 7.29. The summed E-state index contributed by atoms with van der Waals surface area (Å²) in [7, 11) is 0. The quantitative estimate of drug-likeness (QED) is 0.847. The van der Waals surface area contributed by atoms with Crippen molar-refractivity contribution in [3.63, 3.8) is 0 Å². The smallest absolute Gasteiger partial charge is 0.0992 e. The van der Waals surface area contributed by atoms with Crippen LogP contribution in [0.3, 0.4) is 0 Å². The Labute approximate surface area is 93.6 Å². The van der Waals surface area contributed by atoms with Gasteiger partial charge in [0.25, 0.3) is 0 Å². The Morgan fingerprint density at radius 2 is 2.33 bits per heavy atom. The number of rotatable bonds is 3. The van der Waals surface area contributed by atoms with Crippen molar-refractivity contribution in [1.82, 2.24) is 5.32 Å². The van der Waals surface area contributed by atoms with E-state index in [4.69, 9.17) is 21.6 Å². The van der Waals surface area contributed by atoms with Gasteiger partial charge < -0.3 is 10.1 Å². The summed E-state index contributed by atoms with van der Waals surface area (Å²) in [6.45, 7) is 2.26. The molecule has 1 aromatic carbocycles. The second kappa shape index (κ2) is 4.63. The molecule has 1 aromatic rings. The molecule has 0 amide bonds. The number of benzene rings is 1. The maximum atomic E-state index is 8.68. The summed E-state index contributed by atoms with van der Waals surface area (Å²) >= 11 is 6.03. The molecule has 0 spiro atoms. The zero-order valence-corrected chi connectivity index (χ0v) is 8.92. The minimum absolute atomic E-state index is 0.441. The summed E-state index contributed by atoms with van der Waals surface area (Å²) in [5.74, 6) is 0. The minimum Gasteiger partial charge on any atom is -0.378 e. The van der Waals surface area contributed by atoms with Crippen molar-refractivity contribution in [3.05, 3.63) is 34.3 Å². The summed E-state index contributed by atoms with van der Waals surface area (Å²) in [6, 6.07) is 7.85. The Hall–Kier alpha value is -1.08. The lowest BCUT2D eigenvalue weighted by Crippen LogP contribution is -2.45. The number of nitrogens with one attached hydrogen (secondary N) is 1. The van der Waals surface area contributed by atoms with Crippen LogP contribution in [-0.2, 0) is 11.3 Å². The van der Waals surface area contributed by atoms with Crippen LogP contribution in [-0.4, -0.2) is 19.3 Å². The molecule has 1 aliphatic rings. The molecule has 0 aromatic heterocycles. The predicted octanol–water partition coefficient (Wildman–Crippen LogP) is 1.70. The van der Waals surface area contributed by atoms with Crippen LogP contribution in [0.4, 0.5) is 0 Å². The molecule has 0 atom stereocenters. The van der Waals surface area contributed by atoms with Gasteiger partial charge in [-0.2, -0.15) is 5.26 Å². The largest absolute Gasteiger partial charge is 0.378 e. The van der Waals surface area contributed by atoms with E-state index in [0.29, 0.717) is 16.6 Å². The van der Waals surface area contributed by atoms with E-state index in [1.807, 2.05) is 6.07 Å². The molecule has 1 saturated heterocycles. The number of nitrogens with zero attached hydrogens (tertiary/aromatic N) is 1. The molecule has 0 bridgehead atoms. The molecule has 3 nitrogen and oxygen atoms in total. The number of hydrogen-bond acceptors (Lipinski definition) is 3. The lowest BCUT2D eigenvalue weighted by molar-refractivity contribution is -0.00578. The third-order valence-electron chi connectivity index (χ3n) is 2.40. The maximum Gasteiger partial charge on any atom is 0.0992 e. The van der Waals surface area contributed by atoms with Crippen LogP contribution in [0.1, 0.15) is 11.1 Å². The van der Waals surface area contributed by atoms with Crippen LogP contribution >= 0.6 is 11.6 Å². The third kappa shape index (κ3) is 2.48. The molecule has 2 rings (SSSR count). The standard InChI is InChI=1S/C11H11ClN2O/c12-11-3-8(4-13)1-2-9(11)5-14-10-6-15-7-10/h1-3,10,14H,5-7H2. The first-order valence-electron chi connectivity index (χ1n) is 4.79. The summed E-state index contributed by atoms with van der Waals surface area (Å²) in [5.41, 5.74) is 1.61. The Morgan fingerprint density at radius 1 is 1.53 bits per heavy atom. The number of hydrogen-bond donors (Lipinski definition) is 1. The monoisotopic (exact) mass is 222 g/mol. The Kier molecular flexibility index (Phi) is 3.22. The fourth-order valence-electron chi connectivity index (χ4n) is 1.37. The number of halogens is 1. The van der Waals surface area contributed by atoms with Gasteiger partial charge in [0.05, 0.1) is 30.9 Å². The first kappa shape index (κ1) is 10.4. The Morgan fingerprint density at radius 3 is 2.87 bits per heavy atom. The van der Waals surface area contributed by atoms with Crippen molar-refractivity contribution < 1.29 is 4.74 Å². The van der Waals surface area contributed by atoms with Crippen molar-refractivity contribution in [2.24, 2.45) is 0 Å². The van der Waals surface area contributed by atoms with Crippen molar-refractivity contribution in [1.29, 1.82) is 5.26 Å². The van der Waals surface area contributed by atoms with Gasteiger partial charge in [0.15, 0.2) is 0 Å². The van der Waals surface area contributed by atoms with E-state index in [1.54, 1.807) is 12.1 Å². The summed E-state index contributed by atoms with van der Waals surface area (Å²) in [4.78, 5) is 0. The normalized spacial score (nSPS) is 15.7. The van der Waals surface area contributed by atoms with Crippen LogP contribution in [0.5, 0.6) is 0 Å². The molecule has 1 fully saturated rings. The van der Waals surface area contributed by atoms with Gasteiger partial charge in [-0.25, -0.2) is 0 Å². The molecule has 0 saturated carbocycles. The molecule has 1 N–H and O–H groups in total. The fraction of sp³-hybridized carbons (Fsp3) is 0.364. The highest BCUT2D eigenvalue weighted by Gasteiger charge is 2.17. The molecular weight excluding hydrogens is 212 g/mol. The number of ether oxygens (including phenoxy) is 1. The van der Waals surface area contributed by atoms with Gasteiger partial charge in [-0.05, 0) is 17.7 Å². The van der Waals surface area contributed by atoms with E-state index in [1.165, 1.54) is 0 Å². The highest BCUT2D eigenvalue weighted by Crippen LogP contribution is 2.17. The van der Waals surface area contributed by atoms with Gasteiger partial charge in [-0.1, -0.05) is 17.7 Å². The van der Waals surface area contributed by atoms with Crippen molar-refractivity contribution in [2.75, 3.05) is 13.2 Å². The van der Waals surface area contributed by atoms with Gasteiger partial charge in [0, 0.05) is 11.6 Å². The molecule has 1 heterocycles. The second-order valence-corrected chi connectivity index (χ2v) is 3.94. The van der Waals surface area contributed by atoms with Crippen LogP contribution in [0.15, 0.2) is 18.2 Å². The van der Waals surface area contributed by atoms with E-state index >= 15 is 0 Å². The van der Waals surface area contributed by atoms with Crippen LogP contribution in [0, 0.1) is 11.3 Å². The lowest BCUT2D eigenvalue weighted by atomic mass is 10.1. The second-order valence-electron chi connectivity index (χ2n) is 3.53. The molecule has 0 unspecified atom stereocenters. The minimum atomic E-state index is 0.441. The summed E-state index contributed by atoms with van der Waals surface area (Å²) < 4.78 is 5.05. The molecule has 15 heavy (non-hydrogen) atoms. The maximum absolute atomic E-state index is 8.68. The van der Waals surface area contributed by atoms with E-state index < -0.39 is 0 Å². The van der Waals surface area contributed by atoms with Gasteiger partial charge in [-0.15, -0.1) is 0 Å². The van der Waals surface area contributed by atoms with Crippen LogP contribution < -0.4 is 5.32 Å². The fourth-order valence-corrected chi connectivity index (χ4v) is 1.62. The van der Waals surface area contributed by atoms with Gasteiger partial charge in [0.1, 0.15) is 0 Å². The van der Waals surface area contributed by atoms with E-state index in [-0.39, 0.29) is 0 Å². The highest BCUT2D eigenvalue weighted by molar-refractivity contribution is 6.31. The average Bonchev–Trinajstić information content (AvgIpc) is 2.18. The topological polar surface area (TPSA) is 45.0 Å². The van der Waals surface area contributed by atoms with E-state index in [9.17, 15) is 0 Å². The predicted molar refractivity (Wildman–Crippen MR) is 57.6 cm³/mol. The molecular formula is C11H11ClN2O. The van der Waals surface area contributed by atoms with Crippen molar-refractivity contribution in [2.45, 2.75) is 12.6 Å². The first-order valence-corrected chi connectivity index (χ1v) is 5.17. The zero-order chi connectivity index (χ0) is 10.7. The molecule has 78 valence electrons. The van der Waals surface area contributed by atoms with Gasteiger partial charge in [0.2, 0.25) is 0 Å². The zero-order valence-electron chi connectivity index (χ0n) is 8.16. The molecule has 0 aliphatic carbocycles. The summed E-state index contributed by atoms with van der Waals surface area (Å²) in [6.07, 6.45) is 0. The SMILES string of the molecule is N#Cc1ccc(CNC2COC2)c(Cl)c1. The summed E-state index contributed by atoms with van der Waals surface area (Å²) in [5, 5.41) is 12.6.